The predicted octanol–water partition coefficient (Wildman–Crippen LogP) is 7.91. The SMILES string of the molecule is CCn1ncc(-c2cc(C(F)F)nc3sc(C(N)=O)c(NC(=O)c4ccc(COc5c(Cl)cc(Cl)cc5Cl)o4)c23)c1C. The molecule has 1 aromatic carbocycles. The second-order valence-electron chi connectivity index (χ2n) is 8.91. The number of hydrogen-bond acceptors (Lipinski definition) is 7. The van der Waals surface area contributed by atoms with Gasteiger partial charge >= 0.3 is 0 Å². The van der Waals surface area contributed by atoms with Crippen molar-refractivity contribution in [2.24, 2.45) is 5.73 Å². The molecular weight excluding hydrogens is 635 g/mol. The molecule has 0 fully saturated rings. The summed E-state index contributed by atoms with van der Waals surface area (Å²) in [5.74, 6) is -1.27. The van der Waals surface area contributed by atoms with Gasteiger partial charge in [0, 0.05) is 28.2 Å². The molecule has 4 heterocycles. The number of nitrogens with two attached hydrogens (primary N) is 1. The lowest BCUT2D eigenvalue weighted by molar-refractivity contribution is 0.0992. The van der Waals surface area contributed by atoms with Crippen LogP contribution in [0.15, 0.2) is 40.9 Å². The number of ether oxygens (including phenoxy) is 1. The van der Waals surface area contributed by atoms with E-state index in [1.165, 1.54) is 36.5 Å². The lowest BCUT2D eigenvalue weighted by Crippen LogP contribution is -2.16. The summed E-state index contributed by atoms with van der Waals surface area (Å²) in [4.78, 5) is 29.8. The zero-order chi connectivity index (χ0) is 30.3. The van der Waals surface area contributed by atoms with Crippen LogP contribution in [-0.4, -0.2) is 26.6 Å². The predicted molar refractivity (Wildman–Crippen MR) is 157 cm³/mol. The third-order valence-electron chi connectivity index (χ3n) is 6.27. The van der Waals surface area contributed by atoms with Crippen LogP contribution in [0.5, 0.6) is 5.75 Å². The second-order valence-corrected chi connectivity index (χ2v) is 11.2. The topological polar surface area (TPSA) is 125 Å². The molecule has 0 aliphatic carbocycles. The van der Waals surface area contributed by atoms with Crippen molar-refractivity contribution < 1.29 is 27.5 Å². The zero-order valence-electron chi connectivity index (χ0n) is 21.8. The molecule has 4 aromatic heterocycles. The highest BCUT2D eigenvalue weighted by molar-refractivity contribution is 7.21. The molecular formula is C27H20Cl3F2N5O4S. The fourth-order valence-electron chi connectivity index (χ4n) is 4.33. The third-order valence-corrected chi connectivity index (χ3v) is 8.15. The summed E-state index contributed by atoms with van der Waals surface area (Å²) < 4.78 is 40.6. The fraction of sp³-hybridized carbons (Fsp3) is 0.185. The number of primary amides is 1. The first-order valence-electron chi connectivity index (χ1n) is 12.2. The maximum atomic E-state index is 13.8. The highest BCUT2D eigenvalue weighted by Gasteiger charge is 2.27. The lowest BCUT2D eigenvalue weighted by atomic mass is 10.0. The van der Waals surface area contributed by atoms with E-state index >= 15 is 0 Å². The Bertz CT molecular complexity index is 1830. The van der Waals surface area contributed by atoms with Crippen molar-refractivity contribution in [3.8, 4) is 16.9 Å². The van der Waals surface area contributed by atoms with Crippen LogP contribution in [0.2, 0.25) is 15.1 Å². The number of pyridine rings is 1. The van der Waals surface area contributed by atoms with E-state index < -0.39 is 23.9 Å². The smallest absolute Gasteiger partial charge is 0.291 e. The Morgan fingerprint density at radius 2 is 1.88 bits per heavy atom. The van der Waals surface area contributed by atoms with Crippen molar-refractivity contribution in [2.75, 3.05) is 5.32 Å². The average molecular weight is 655 g/mol. The molecule has 0 bridgehead atoms. The van der Waals surface area contributed by atoms with E-state index in [0.717, 1.165) is 11.3 Å². The number of benzene rings is 1. The van der Waals surface area contributed by atoms with Gasteiger partial charge in [-0.1, -0.05) is 34.8 Å². The zero-order valence-corrected chi connectivity index (χ0v) is 24.9. The number of nitrogens with zero attached hydrogens (tertiary/aromatic N) is 3. The number of furan rings is 1. The number of alkyl halides is 2. The van der Waals surface area contributed by atoms with Crippen LogP contribution in [0, 0.1) is 6.92 Å². The summed E-state index contributed by atoms with van der Waals surface area (Å²) in [6.07, 6.45) is -1.35. The fourth-order valence-corrected chi connectivity index (χ4v) is 6.27. The number of amides is 2. The summed E-state index contributed by atoms with van der Waals surface area (Å²) in [5, 5.41) is 7.97. The van der Waals surface area contributed by atoms with E-state index in [1.807, 2.05) is 6.92 Å². The number of aryl methyl sites for hydroxylation is 1. The van der Waals surface area contributed by atoms with Crippen LogP contribution in [0.3, 0.4) is 0 Å². The van der Waals surface area contributed by atoms with Crippen molar-refractivity contribution in [2.45, 2.75) is 33.4 Å². The van der Waals surface area contributed by atoms with Crippen LogP contribution in [0.4, 0.5) is 14.5 Å². The number of fused-ring (bicyclic) bond motifs is 1. The molecule has 0 saturated heterocycles. The van der Waals surface area contributed by atoms with Crippen LogP contribution >= 0.6 is 46.1 Å². The minimum atomic E-state index is -2.88. The molecule has 0 aliphatic heterocycles. The van der Waals surface area contributed by atoms with Gasteiger partial charge in [0.2, 0.25) is 0 Å². The molecule has 0 atom stereocenters. The maximum absolute atomic E-state index is 13.8. The quantitative estimate of drug-likeness (QED) is 0.166. The Kier molecular flexibility index (Phi) is 8.42. The average Bonchev–Trinajstić information content (AvgIpc) is 3.64. The molecule has 0 spiro atoms. The van der Waals surface area contributed by atoms with Crippen LogP contribution in [0.25, 0.3) is 21.3 Å². The first-order chi connectivity index (χ1) is 20.0. The van der Waals surface area contributed by atoms with Gasteiger partial charge in [-0.25, -0.2) is 13.8 Å². The molecule has 0 saturated carbocycles. The van der Waals surface area contributed by atoms with E-state index in [1.54, 1.807) is 11.6 Å². The summed E-state index contributed by atoms with van der Waals surface area (Å²) in [7, 11) is 0. The molecule has 3 N–H and O–H groups in total. The van der Waals surface area contributed by atoms with E-state index in [9.17, 15) is 18.4 Å². The van der Waals surface area contributed by atoms with Gasteiger partial charge in [-0.15, -0.1) is 11.3 Å². The number of hydrogen-bond donors (Lipinski definition) is 2. The van der Waals surface area contributed by atoms with Gasteiger partial charge in [-0.3, -0.25) is 14.3 Å². The third kappa shape index (κ3) is 5.67. The first kappa shape index (κ1) is 29.8. The van der Waals surface area contributed by atoms with Crippen LogP contribution in [0.1, 0.15) is 50.7 Å². The summed E-state index contributed by atoms with van der Waals surface area (Å²) >= 11 is 19.0. The summed E-state index contributed by atoms with van der Waals surface area (Å²) in [6.45, 7) is 4.10. The van der Waals surface area contributed by atoms with Crippen molar-refractivity contribution in [1.29, 1.82) is 0 Å². The largest absolute Gasteiger partial charge is 0.483 e. The van der Waals surface area contributed by atoms with E-state index in [4.69, 9.17) is 49.7 Å². The molecule has 0 aliphatic rings. The Labute approximate surface area is 256 Å². The van der Waals surface area contributed by atoms with E-state index in [0.29, 0.717) is 28.4 Å². The number of nitrogens with one attached hydrogen (secondary N) is 1. The number of thiophene rings is 1. The van der Waals surface area contributed by atoms with Crippen molar-refractivity contribution in [3.63, 3.8) is 0 Å². The molecule has 9 nitrogen and oxygen atoms in total. The van der Waals surface area contributed by atoms with Gasteiger partial charge in [0.1, 0.15) is 27.8 Å². The lowest BCUT2D eigenvalue weighted by Gasteiger charge is -2.11. The summed E-state index contributed by atoms with van der Waals surface area (Å²) in [5.41, 5.74) is 6.71. The number of halogens is 5. The standard InChI is InChI=1S/C27H20Cl3F2N5O4S/c1-3-37-11(2)15(9-34-37)14-8-18(24(31)32)35-27-20(14)21(23(42-27)25(33)38)36-26(39)19-5-4-13(41-19)10-40-22-16(29)6-12(28)7-17(22)30/h4-9,24H,3,10H2,1-2H3,(H2,33,38)(H,36,39). The van der Waals surface area contributed by atoms with Gasteiger partial charge in [-0.2, -0.15) is 5.10 Å². The Balaban J connectivity index is 1.51. The maximum Gasteiger partial charge on any atom is 0.291 e. The van der Waals surface area contributed by atoms with Crippen LogP contribution < -0.4 is 15.8 Å². The number of anilines is 1. The Morgan fingerprint density at radius 1 is 1.17 bits per heavy atom. The minimum Gasteiger partial charge on any atom is -0.483 e. The number of rotatable bonds is 9. The monoisotopic (exact) mass is 653 g/mol. The Morgan fingerprint density at radius 3 is 2.50 bits per heavy atom. The van der Waals surface area contributed by atoms with E-state index in [2.05, 4.69) is 15.4 Å². The molecule has 218 valence electrons. The van der Waals surface area contributed by atoms with Gasteiger partial charge in [0.25, 0.3) is 18.2 Å². The van der Waals surface area contributed by atoms with Crippen LogP contribution in [-0.2, 0) is 13.2 Å². The molecule has 5 rings (SSSR count). The summed E-state index contributed by atoms with van der Waals surface area (Å²) in [6, 6.07) is 7.07. The molecule has 15 heteroatoms. The molecule has 0 radical (unpaired) electrons. The highest BCUT2D eigenvalue weighted by atomic mass is 35.5. The minimum absolute atomic E-state index is 0.0217. The Hall–Kier alpha value is -3.71. The normalized spacial score (nSPS) is 11.4. The van der Waals surface area contributed by atoms with Crippen molar-refractivity contribution in [1.82, 2.24) is 14.8 Å². The van der Waals surface area contributed by atoms with Gasteiger partial charge < -0.3 is 20.2 Å². The number of carbonyl (C=O) groups excluding carboxylic acids is 2. The molecule has 2 amide bonds. The van der Waals surface area contributed by atoms with E-state index in [-0.39, 0.29) is 54.7 Å². The molecule has 42 heavy (non-hydrogen) atoms. The van der Waals surface area contributed by atoms with Gasteiger partial charge in [-0.05, 0) is 49.7 Å². The molecule has 0 unspecified atom stereocenters. The van der Waals surface area contributed by atoms with Crippen molar-refractivity contribution >= 4 is 73.9 Å². The number of carbonyl (C=O) groups is 2. The van der Waals surface area contributed by atoms with Gasteiger partial charge in [0.15, 0.2) is 11.5 Å². The van der Waals surface area contributed by atoms with Gasteiger partial charge in [0.05, 0.1) is 21.9 Å². The second kappa shape index (κ2) is 11.9. The number of aromatic nitrogens is 3. The highest BCUT2D eigenvalue weighted by Crippen LogP contribution is 2.43. The van der Waals surface area contributed by atoms with Crippen molar-refractivity contribution in [3.05, 3.63) is 79.4 Å². The molecule has 5 aromatic rings. The first-order valence-corrected chi connectivity index (χ1v) is 14.2.